The summed E-state index contributed by atoms with van der Waals surface area (Å²) < 4.78 is 4.97. The van der Waals surface area contributed by atoms with Crippen LogP contribution >= 0.6 is 0 Å². The van der Waals surface area contributed by atoms with Crippen molar-refractivity contribution in [3.63, 3.8) is 0 Å². The van der Waals surface area contributed by atoms with Crippen LogP contribution in [0, 0.1) is 0 Å². The Morgan fingerprint density at radius 3 is 2.89 bits per heavy atom. The first kappa shape index (κ1) is 8.37. The van der Waals surface area contributed by atoms with Gasteiger partial charge >= 0.3 is 0 Å². The molecule has 0 saturated carbocycles. The van der Waals surface area contributed by atoms with Gasteiger partial charge in [-0.3, -0.25) is 4.79 Å². The van der Waals surface area contributed by atoms with Crippen LogP contribution in [0.4, 0.5) is 0 Å². The zero-order valence-electron chi connectivity index (χ0n) is 5.64. The fourth-order valence-corrected chi connectivity index (χ4v) is 0.391. The van der Waals surface area contributed by atoms with Gasteiger partial charge in [0.05, 0.1) is 6.61 Å². The van der Waals surface area contributed by atoms with Crippen LogP contribution in [-0.2, 0) is 9.53 Å². The van der Waals surface area contributed by atoms with Crippen LogP contribution in [0.1, 0.15) is 13.3 Å². The summed E-state index contributed by atoms with van der Waals surface area (Å²) in [4.78, 5) is 9.82. The fourth-order valence-electron chi connectivity index (χ4n) is 0.391. The van der Waals surface area contributed by atoms with E-state index in [0.717, 1.165) is 0 Å². The molecule has 51 valence electrons. The van der Waals surface area contributed by atoms with E-state index < -0.39 is 0 Å². The van der Waals surface area contributed by atoms with Gasteiger partial charge in [0.25, 0.3) is 0 Å². The first-order chi connectivity index (χ1) is 4.31. The van der Waals surface area contributed by atoms with E-state index in [-0.39, 0.29) is 0 Å². The molecule has 0 aromatic carbocycles. The molecule has 0 rings (SSSR count). The monoisotopic (exact) mass is 127 g/mol. The van der Waals surface area contributed by atoms with Crippen molar-refractivity contribution >= 4 is 6.29 Å². The van der Waals surface area contributed by atoms with Crippen LogP contribution in [0.15, 0.2) is 12.2 Å². The van der Waals surface area contributed by atoms with Gasteiger partial charge in [0.1, 0.15) is 0 Å². The maximum Gasteiger partial charge on any atom is 0.228 e. The van der Waals surface area contributed by atoms with Crippen molar-refractivity contribution in [3.8, 4) is 0 Å². The molecule has 9 heavy (non-hydrogen) atoms. The van der Waals surface area contributed by atoms with Crippen molar-refractivity contribution < 1.29 is 9.53 Å². The minimum absolute atomic E-state index is 0.475. The van der Waals surface area contributed by atoms with Crippen LogP contribution in [0.2, 0.25) is 0 Å². The predicted octanol–water partition coefficient (Wildman–Crippen LogP) is 1.08. The molecule has 0 atom stereocenters. The molecule has 0 aliphatic rings. The third-order valence-corrected chi connectivity index (χ3v) is 0.897. The lowest BCUT2D eigenvalue weighted by atomic mass is 10.2. The molecule has 0 amide bonds. The van der Waals surface area contributed by atoms with Crippen LogP contribution in [0.5, 0.6) is 0 Å². The molecule has 0 saturated heterocycles. The molecule has 0 aliphatic heterocycles. The molecule has 1 radical (unpaired) electrons. The van der Waals surface area contributed by atoms with Gasteiger partial charge in [-0.2, -0.15) is 0 Å². The highest BCUT2D eigenvalue weighted by atomic mass is 16.5. The quantitative estimate of drug-likeness (QED) is 0.408. The van der Waals surface area contributed by atoms with Gasteiger partial charge in [0.15, 0.2) is 0 Å². The standard InChI is InChI=1S/C7H11O2/c1-3-9-5-4-7(2)6-8/h2-5H2,1H3. The largest absolute Gasteiger partial charge is 0.381 e. The van der Waals surface area contributed by atoms with E-state index in [1.54, 1.807) is 6.29 Å². The van der Waals surface area contributed by atoms with E-state index >= 15 is 0 Å². The van der Waals surface area contributed by atoms with E-state index in [9.17, 15) is 4.79 Å². The Kier molecular flexibility index (Phi) is 5.12. The van der Waals surface area contributed by atoms with E-state index in [1.807, 2.05) is 6.92 Å². The predicted molar refractivity (Wildman–Crippen MR) is 35.9 cm³/mol. The Hall–Kier alpha value is -0.630. The molecule has 0 aromatic rings. The van der Waals surface area contributed by atoms with Crippen molar-refractivity contribution in [2.75, 3.05) is 13.2 Å². The molecule has 0 bridgehead atoms. The third-order valence-electron chi connectivity index (χ3n) is 0.897. The Bertz CT molecular complexity index is 97.1. The minimum Gasteiger partial charge on any atom is -0.381 e. The molecule has 0 spiro atoms. The number of rotatable bonds is 5. The molecule has 0 N–H and O–H groups in total. The van der Waals surface area contributed by atoms with E-state index in [2.05, 4.69) is 6.58 Å². The lowest BCUT2D eigenvalue weighted by molar-refractivity contribution is 0.151. The summed E-state index contributed by atoms with van der Waals surface area (Å²) in [5.74, 6) is 0. The van der Waals surface area contributed by atoms with Gasteiger partial charge in [0.2, 0.25) is 6.29 Å². The molecule has 2 nitrogen and oxygen atoms in total. The summed E-state index contributed by atoms with van der Waals surface area (Å²) in [5.41, 5.74) is 0.475. The molecule has 2 heteroatoms. The van der Waals surface area contributed by atoms with Crippen LogP contribution in [-0.4, -0.2) is 19.5 Å². The van der Waals surface area contributed by atoms with Gasteiger partial charge in [-0.25, -0.2) is 0 Å². The fraction of sp³-hybridized carbons (Fsp3) is 0.571. The molecule has 0 fully saturated rings. The summed E-state index contributed by atoms with van der Waals surface area (Å²) >= 11 is 0. The van der Waals surface area contributed by atoms with Crippen molar-refractivity contribution in [2.45, 2.75) is 13.3 Å². The first-order valence-electron chi connectivity index (χ1n) is 2.95. The molecule has 0 heterocycles. The van der Waals surface area contributed by atoms with Crippen molar-refractivity contribution in [1.82, 2.24) is 0 Å². The van der Waals surface area contributed by atoms with Gasteiger partial charge < -0.3 is 4.74 Å². The van der Waals surface area contributed by atoms with Gasteiger partial charge in [0, 0.05) is 6.61 Å². The number of hydrogen-bond donors (Lipinski definition) is 0. The SMILES string of the molecule is C=C([C]=O)CCOCC. The van der Waals surface area contributed by atoms with Crippen molar-refractivity contribution in [2.24, 2.45) is 0 Å². The number of hydrogen-bond acceptors (Lipinski definition) is 2. The lowest BCUT2D eigenvalue weighted by Crippen LogP contribution is -1.94. The van der Waals surface area contributed by atoms with Crippen molar-refractivity contribution in [1.29, 1.82) is 0 Å². The smallest absolute Gasteiger partial charge is 0.228 e. The zero-order chi connectivity index (χ0) is 7.11. The van der Waals surface area contributed by atoms with Crippen molar-refractivity contribution in [3.05, 3.63) is 12.2 Å². The minimum atomic E-state index is 0.475. The highest BCUT2D eigenvalue weighted by Gasteiger charge is 1.90. The molecule has 0 aliphatic carbocycles. The van der Waals surface area contributed by atoms with E-state index in [1.165, 1.54) is 0 Å². The van der Waals surface area contributed by atoms with Crippen LogP contribution in [0.3, 0.4) is 0 Å². The summed E-state index contributed by atoms with van der Waals surface area (Å²) in [6.07, 6.45) is 2.29. The normalized spacial score (nSPS) is 9.00. The summed E-state index contributed by atoms with van der Waals surface area (Å²) in [6.45, 7) is 6.61. The number of ether oxygens (including phenoxy) is 1. The Balaban J connectivity index is 3.07. The molecule has 0 unspecified atom stereocenters. The maximum atomic E-state index is 9.82. The molecular weight excluding hydrogens is 116 g/mol. The van der Waals surface area contributed by atoms with Gasteiger partial charge in [-0.15, -0.1) is 0 Å². The highest BCUT2D eigenvalue weighted by Crippen LogP contribution is 1.92. The Morgan fingerprint density at radius 2 is 2.44 bits per heavy atom. The molecular formula is C7H11O2. The third kappa shape index (κ3) is 5.24. The van der Waals surface area contributed by atoms with Crippen LogP contribution < -0.4 is 0 Å². The Labute approximate surface area is 55.5 Å². The highest BCUT2D eigenvalue weighted by molar-refractivity contribution is 5.72. The average molecular weight is 127 g/mol. The lowest BCUT2D eigenvalue weighted by Gasteiger charge is -1.96. The van der Waals surface area contributed by atoms with Gasteiger partial charge in [-0.1, -0.05) is 6.58 Å². The van der Waals surface area contributed by atoms with Gasteiger partial charge in [-0.05, 0) is 18.9 Å². The average Bonchev–Trinajstić information content (AvgIpc) is 1.89. The summed E-state index contributed by atoms with van der Waals surface area (Å²) in [5, 5.41) is 0. The van der Waals surface area contributed by atoms with Crippen LogP contribution in [0.25, 0.3) is 0 Å². The first-order valence-corrected chi connectivity index (χ1v) is 2.95. The maximum absolute atomic E-state index is 9.82. The zero-order valence-corrected chi connectivity index (χ0v) is 5.64. The Morgan fingerprint density at radius 1 is 1.78 bits per heavy atom. The topological polar surface area (TPSA) is 26.3 Å². The van der Waals surface area contributed by atoms with E-state index in [0.29, 0.717) is 25.2 Å². The second kappa shape index (κ2) is 5.51. The summed E-state index contributed by atoms with van der Waals surface area (Å²) in [7, 11) is 0. The second-order valence-electron chi connectivity index (χ2n) is 1.65. The molecule has 0 aromatic heterocycles. The van der Waals surface area contributed by atoms with E-state index in [4.69, 9.17) is 4.74 Å². The second-order valence-corrected chi connectivity index (χ2v) is 1.65. The number of carbonyl (C=O) groups excluding carboxylic acids is 1. The summed E-state index contributed by atoms with van der Waals surface area (Å²) in [6, 6.07) is 0.